The molecule has 3 rings (SSSR count). The fourth-order valence-electron chi connectivity index (χ4n) is 4.15. The average molecular weight is 445 g/mol. The fourth-order valence-corrected chi connectivity index (χ4v) is 4.15. The highest BCUT2D eigenvalue weighted by atomic mass is 16.5. The smallest absolute Gasteiger partial charge is 0.317 e. The van der Waals surface area contributed by atoms with Crippen LogP contribution in [0.4, 0.5) is 4.79 Å². The number of hydrogen-bond acceptors (Lipinski definition) is 5. The van der Waals surface area contributed by atoms with Gasteiger partial charge >= 0.3 is 6.03 Å². The largest absolute Gasteiger partial charge is 0.472 e. The Hall–Kier alpha value is -2.61. The van der Waals surface area contributed by atoms with Crippen LogP contribution in [0.5, 0.6) is 5.88 Å². The third-order valence-corrected chi connectivity index (χ3v) is 6.26. The molecule has 32 heavy (non-hydrogen) atoms. The zero-order valence-electron chi connectivity index (χ0n) is 19.6. The molecule has 1 aromatic rings. The summed E-state index contributed by atoms with van der Waals surface area (Å²) in [4.78, 5) is 33.7. The summed E-state index contributed by atoms with van der Waals surface area (Å²) < 4.78 is 6.26. The number of fused-ring (bicyclic) bond motifs is 1. The molecule has 176 valence electrons. The second-order valence-electron chi connectivity index (χ2n) is 8.93. The van der Waals surface area contributed by atoms with E-state index in [1.165, 1.54) is 5.57 Å². The van der Waals surface area contributed by atoms with Crippen LogP contribution in [-0.2, 0) is 0 Å². The van der Waals surface area contributed by atoms with Gasteiger partial charge in [0.15, 0.2) is 0 Å². The minimum Gasteiger partial charge on any atom is -0.472 e. The molecule has 0 spiro atoms. The zero-order valence-corrected chi connectivity index (χ0v) is 19.6. The number of aromatic nitrogens is 1. The number of pyridine rings is 1. The van der Waals surface area contributed by atoms with Crippen LogP contribution in [0.15, 0.2) is 18.3 Å². The second kappa shape index (κ2) is 10.8. The predicted octanol–water partition coefficient (Wildman–Crippen LogP) is 2.92. The molecule has 3 amide bonds. The molecule has 2 aliphatic rings. The molecule has 2 N–H and O–H groups in total. The quantitative estimate of drug-likeness (QED) is 0.674. The van der Waals surface area contributed by atoms with E-state index >= 15 is 0 Å². The number of ether oxygens (including phenoxy) is 1. The number of nitrogens with zero attached hydrogens (tertiary/aromatic N) is 3. The van der Waals surface area contributed by atoms with Crippen molar-refractivity contribution in [1.82, 2.24) is 20.1 Å². The number of carbonyl (C=O) groups excluding carboxylic acids is 2. The molecule has 2 heterocycles. The lowest BCUT2D eigenvalue weighted by molar-refractivity contribution is 0.0352. The van der Waals surface area contributed by atoms with Gasteiger partial charge in [-0.1, -0.05) is 19.9 Å². The van der Waals surface area contributed by atoms with Gasteiger partial charge in [-0.05, 0) is 49.8 Å². The van der Waals surface area contributed by atoms with Crippen molar-refractivity contribution >= 4 is 17.5 Å². The number of hydrogen-bond donors (Lipinski definition) is 2. The lowest BCUT2D eigenvalue weighted by Gasteiger charge is -2.37. The predicted molar refractivity (Wildman–Crippen MR) is 124 cm³/mol. The minimum atomic E-state index is -0.350. The van der Waals surface area contributed by atoms with Gasteiger partial charge in [0.25, 0.3) is 5.91 Å². The van der Waals surface area contributed by atoms with Gasteiger partial charge in [-0.25, -0.2) is 9.78 Å². The lowest BCUT2D eigenvalue weighted by atomic mass is 9.99. The Balaban J connectivity index is 1.92. The number of allylic oxidation sites excluding steroid dienone is 2. The number of aliphatic hydroxyl groups is 1. The van der Waals surface area contributed by atoms with E-state index in [1.54, 1.807) is 23.0 Å². The summed E-state index contributed by atoms with van der Waals surface area (Å²) in [6, 6.07) is 1.37. The lowest BCUT2D eigenvalue weighted by Crippen LogP contribution is -2.51. The molecule has 1 aromatic heterocycles. The average Bonchev–Trinajstić information content (AvgIpc) is 3.33. The van der Waals surface area contributed by atoms with E-state index in [0.29, 0.717) is 25.2 Å². The molecule has 3 atom stereocenters. The molecule has 1 aliphatic heterocycles. The Morgan fingerprint density at radius 1 is 1.47 bits per heavy atom. The summed E-state index contributed by atoms with van der Waals surface area (Å²) in [6.07, 6.45) is 7.60. The van der Waals surface area contributed by atoms with Crippen molar-refractivity contribution in [3.05, 3.63) is 29.5 Å². The minimum absolute atomic E-state index is 0.0680. The van der Waals surface area contributed by atoms with E-state index < -0.39 is 0 Å². The summed E-state index contributed by atoms with van der Waals surface area (Å²) in [5, 5.41) is 12.7. The molecule has 8 heteroatoms. The number of nitrogens with one attached hydrogen (secondary N) is 1. The number of urea groups is 1. The highest BCUT2D eigenvalue weighted by Crippen LogP contribution is 2.32. The first-order valence-electron chi connectivity index (χ1n) is 11.6. The summed E-state index contributed by atoms with van der Waals surface area (Å²) >= 11 is 0. The standard InChI is InChI=1S/C24H36N4O4/c1-5-10-25-24(31)27(4)14-21-16(2)13-28(17(3)15-29)23(30)20-11-19(12-26-22(20)32-21)18-8-6-7-9-18/h8,11-12,16-17,21,29H,5-7,9-10,13-15H2,1-4H3,(H,25,31)/t16-,17+,21+/m0/s1. The number of rotatable bonds is 7. The first-order valence-corrected chi connectivity index (χ1v) is 11.6. The Labute approximate surface area is 190 Å². The van der Waals surface area contributed by atoms with Gasteiger partial charge in [-0.2, -0.15) is 0 Å². The van der Waals surface area contributed by atoms with Crippen LogP contribution in [0.1, 0.15) is 62.4 Å². The molecular weight excluding hydrogens is 408 g/mol. The third-order valence-electron chi connectivity index (χ3n) is 6.26. The van der Waals surface area contributed by atoms with Gasteiger partial charge in [0.05, 0.1) is 19.2 Å². The first kappa shape index (κ1) is 24.0. The Morgan fingerprint density at radius 3 is 2.91 bits per heavy atom. The molecule has 8 nitrogen and oxygen atoms in total. The van der Waals surface area contributed by atoms with E-state index in [-0.39, 0.29) is 42.5 Å². The molecule has 0 radical (unpaired) electrons. The third kappa shape index (κ3) is 5.41. The van der Waals surface area contributed by atoms with Crippen LogP contribution in [-0.4, -0.2) is 77.3 Å². The van der Waals surface area contributed by atoms with Gasteiger partial charge in [0, 0.05) is 32.3 Å². The highest BCUT2D eigenvalue weighted by Gasteiger charge is 2.34. The molecule has 0 aromatic carbocycles. The van der Waals surface area contributed by atoms with Crippen molar-refractivity contribution in [3.63, 3.8) is 0 Å². The zero-order chi connectivity index (χ0) is 23.3. The monoisotopic (exact) mass is 444 g/mol. The maximum absolute atomic E-state index is 13.5. The van der Waals surface area contributed by atoms with Crippen LogP contribution in [0, 0.1) is 5.92 Å². The van der Waals surface area contributed by atoms with E-state index in [0.717, 1.165) is 31.2 Å². The SMILES string of the molecule is CCCNC(=O)N(C)C[C@H]1Oc2ncc(C3=CCCC3)cc2C(=O)N([C@H](C)CO)C[C@@H]1C. The van der Waals surface area contributed by atoms with Crippen molar-refractivity contribution in [2.75, 3.05) is 33.3 Å². The second-order valence-corrected chi connectivity index (χ2v) is 8.93. The normalized spacial score (nSPS) is 21.7. The summed E-state index contributed by atoms with van der Waals surface area (Å²) in [7, 11) is 1.74. The van der Waals surface area contributed by atoms with Crippen molar-refractivity contribution in [3.8, 4) is 5.88 Å². The van der Waals surface area contributed by atoms with Crippen molar-refractivity contribution in [2.24, 2.45) is 5.92 Å². The molecular formula is C24H36N4O4. The molecule has 0 saturated heterocycles. The van der Waals surface area contributed by atoms with Crippen LogP contribution < -0.4 is 10.1 Å². The van der Waals surface area contributed by atoms with E-state index in [9.17, 15) is 14.7 Å². The summed E-state index contributed by atoms with van der Waals surface area (Å²) in [5.41, 5.74) is 2.55. The van der Waals surface area contributed by atoms with Crippen LogP contribution in [0.25, 0.3) is 5.57 Å². The van der Waals surface area contributed by atoms with E-state index in [4.69, 9.17) is 4.74 Å². The molecule has 0 unspecified atom stereocenters. The van der Waals surface area contributed by atoms with Crippen LogP contribution in [0.3, 0.4) is 0 Å². The van der Waals surface area contributed by atoms with Gasteiger partial charge in [0.2, 0.25) is 5.88 Å². The number of carbonyl (C=O) groups is 2. The van der Waals surface area contributed by atoms with Crippen molar-refractivity contribution in [2.45, 2.75) is 58.6 Å². The Morgan fingerprint density at radius 2 is 2.25 bits per heavy atom. The maximum Gasteiger partial charge on any atom is 0.317 e. The highest BCUT2D eigenvalue weighted by molar-refractivity contribution is 5.97. The number of likely N-dealkylation sites (N-methyl/N-ethyl adjacent to an activating group) is 1. The van der Waals surface area contributed by atoms with Crippen molar-refractivity contribution in [1.29, 1.82) is 0 Å². The van der Waals surface area contributed by atoms with Gasteiger partial charge < -0.3 is 25.0 Å². The van der Waals surface area contributed by atoms with Crippen LogP contribution in [0.2, 0.25) is 0 Å². The molecule has 0 bridgehead atoms. The molecule has 1 aliphatic carbocycles. The Bertz CT molecular complexity index is 856. The fraction of sp³-hybridized carbons (Fsp3) is 0.625. The van der Waals surface area contributed by atoms with Crippen LogP contribution >= 0.6 is 0 Å². The van der Waals surface area contributed by atoms with Gasteiger partial charge in [-0.15, -0.1) is 0 Å². The van der Waals surface area contributed by atoms with E-state index in [1.807, 2.05) is 26.8 Å². The number of aliphatic hydroxyl groups excluding tert-OH is 1. The van der Waals surface area contributed by atoms with Crippen molar-refractivity contribution < 1.29 is 19.4 Å². The maximum atomic E-state index is 13.5. The summed E-state index contributed by atoms with van der Waals surface area (Å²) in [5.74, 6) is 0.0294. The van der Waals surface area contributed by atoms with E-state index in [2.05, 4.69) is 16.4 Å². The van der Waals surface area contributed by atoms with Gasteiger partial charge in [0.1, 0.15) is 11.7 Å². The molecule has 0 fully saturated rings. The Kier molecular flexibility index (Phi) is 8.12. The molecule has 0 saturated carbocycles. The van der Waals surface area contributed by atoms with Gasteiger partial charge in [-0.3, -0.25) is 4.79 Å². The summed E-state index contributed by atoms with van der Waals surface area (Å²) in [6.45, 7) is 7.10. The topological polar surface area (TPSA) is 95.0 Å². The first-order chi connectivity index (χ1) is 15.3. The number of amides is 3.